The Morgan fingerprint density at radius 3 is 2.48 bits per heavy atom. The van der Waals surface area contributed by atoms with Crippen LogP contribution in [0.25, 0.3) is 0 Å². The summed E-state index contributed by atoms with van der Waals surface area (Å²) in [5, 5.41) is 5.32. The van der Waals surface area contributed by atoms with Crippen molar-refractivity contribution < 1.29 is 0 Å². The molecule has 1 aliphatic rings. The molecule has 0 spiro atoms. The molecule has 2 rings (SSSR count). The highest BCUT2D eigenvalue weighted by atomic mass is 35.5. The van der Waals surface area contributed by atoms with Crippen LogP contribution in [0.4, 0.5) is 0 Å². The fraction of sp³-hybridized carbons (Fsp3) is 0.667. The summed E-state index contributed by atoms with van der Waals surface area (Å²) in [4.78, 5) is 0. The lowest BCUT2D eigenvalue weighted by Crippen LogP contribution is -2.45. The van der Waals surface area contributed by atoms with E-state index in [1.807, 2.05) is 12.1 Å². The predicted octanol–water partition coefficient (Wildman–Crippen LogP) is 5.87. The summed E-state index contributed by atoms with van der Waals surface area (Å²) in [6.07, 6.45) is 8.85. The fourth-order valence-corrected chi connectivity index (χ4v) is 4.24. The number of nitrogens with one attached hydrogen (secondary N) is 1. The van der Waals surface area contributed by atoms with E-state index >= 15 is 0 Å². The van der Waals surface area contributed by atoms with E-state index in [1.54, 1.807) is 0 Å². The minimum absolute atomic E-state index is 0.443. The smallest absolute Gasteiger partial charge is 0.0453 e. The second-order valence-corrected chi connectivity index (χ2v) is 7.21. The van der Waals surface area contributed by atoms with Crippen LogP contribution < -0.4 is 5.32 Å². The minimum atomic E-state index is 0.443. The molecule has 1 aliphatic carbocycles. The number of benzene rings is 1. The van der Waals surface area contributed by atoms with Crippen molar-refractivity contribution in [3.8, 4) is 0 Å². The van der Waals surface area contributed by atoms with E-state index in [4.69, 9.17) is 23.2 Å². The average molecular weight is 328 g/mol. The van der Waals surface area contributed by atoms with Crippen LogP contribution in [0.15, 0.2) is 18.2 Å². The van der Waals surface area contributed by atoms with Crippen molar-refractivity contribution in [2.75, 3.05) is 6.54 Å². The number of rotatable bonds is 7. The summed E-state index contributed by atoms with van der Waals surface area (Å²) in [6.45, 7) is 5.65. The van der Waals surface area contributed by atoms with Gasteiger partial charge < -0.3 is 5.32 Å². The van der Waals surface area contributed by atoms with Crippen LogP contribution in [0, 0.1) is 5.41 Å². The molecule has 0 saturated heterocycles. The zero-order valence-corrected chi connectivity index (χ0v) is 14.7. The summed E-state index contributed by atoms with van der Waals surface area (Å²) in [7, 11) is 0. The van der Waals surface area contributed by atoms with Crippen LogP contribution >= 0.6 is 23.2 Å². The zero-order valence-electron chi connectivity index (χ0n) is 13.2. The molecule has 0 amide bonds. The second-order valence-electron chi connectivity index (χ2n) is 6.37. The van der Waals surface area contributed by atoms with Gasteiger partial charge in [0.05, 0.1) is 0 Å². The molecule has 1 atom stereocenters. The van der Waals surface area contributed by atoms with Gasteiger partial charge in [-0.05, 0) is 61.8 Å². The van der Waals surface area contributed by atoms with Gasteiger partial charge in [-0.3, -0.25) is 0 Å². The second kappa shape index (κ2) is 7.85. The predicted molar refractivity (Wildman–Crippen MR) is 93.4 cm³/mol. The molecule has 1 unspecified atom stereocenters. The van der Waals surface area contributed by atoms with E-state index in [0.29, 0.717) is 16.5 Å². The van der Waals surface area contributed by atoms with Crippen molar-refractivity contribution in [3.63, 3.8) is 0 Å². The Hall–Kier alpha value is -0.240. The van der Waals surface area contributed by atoms with Crippen LogP contribution in [0.3, 0.4) is 0 Å². The Morgan fingerprint density at radius 2 is 1.90 bits per heavy atom. The maximum atomic E-state index is 6.39. The molecule has 0 radical (unpaired) electrons. The summed E-state index contributed by atoms with van der Waals surface area (Å²) in [5.74, 6) is 0. The van der Waals surface area contributed by atoms with E-state index in [2.05, 4.69) is 25.2 Å². The monoisotopic (exact) mass is 327 g/mol. The zero-order chi connectivity index (χ0) is 15.3. The molecule has 1 fully saturated rings. The highest BCUT2D eigenvalue weighted by molar-refractivity contribution is 6.35. The van der Waals surface area contributed by atoms with E-state index in [1.165, 1.54) is 44.1 Å². The Labute approximate surface area is 139 Å². The lowest BCUT2D eigenvalue weighted by atomic mass is 9.74. The Kier molecular flexibility index (Phi) is 6.40. The van der Waals surface area contributed by atoms with Gasteiger partial charge in [-0.15, -0.1) is 0 Å². The van der Waals surface area contributed by atoms with Gasteiger partial charge in [-0.2, -0.15) is 0 Å². The summed E-state index contributed by atoms with van der Waals surface area (Å²) < 4.78 is 0. The van der Waals surface area contributed by atoms with Gasteiger partial charge in [0.25, 0.3) is 0 Å². The first-order valence-corrected chi connectivity index (χ1v) is 9.04. The van der Waals surface area contributed by atoms with Crippen LogP contribution in [0.5, 0.6) is 0 Å². The Balaban J connectivity index is 2.19. The molecule has 1 N–H and O–H groups in total. The van der Waals surface area contributed by atoms with Crippen LogP contribution in [0.2, 0.25) is 10.0 Å². The first kappa shape index (κ1) is 17.1. The molecular formula is C18H27Cl2N. The lowest BCUT2D eigenvalue weighted by Gasteiger charge is -2.38. The third-order valence-electron chi connectivity index (χ3n) is 5.12. The normalized spacial score (nSPS) is 18.9. The average Bonchev–Trinajstić information content (AvgIpc) is 2.95. The van der Waals surface area contributed by atoms with Gasteiger partial charge in [-0.1, -0.05) is 56.0 Å². The standard InChI is InChI=1S/C18H27Cl2N/c1-3-11-21-17(18(4-2)9-5-6-10-18)12-14-7-8-15(19)13-16(14)20/h7-8,13,17,21H,3-6,9-12H2,1-2H3. The molecule has 1 nitrogen and oxygen atoms in total. The quantitative estimate of drug-likeness (QED) is 0.659. The van der Waals surface area contributed by atoms with Crippen molar-refractivity contribution >= 4 is 23.2 Å². The summed E-state index contributed by atoms with van der Waals surface area (Å²) in [5.41, 5.74) is 1.66. The first-order valence-electron chi connectivity index (χ1n) is 8.28. The highest BCUT2D eigenvalue weighted by Gasteiger charge is 2.39. The third kappa shape index (κ3) is 4.15. The highest BCUT2D eigenvalue weighted by Crippen LogP contribution is 2.45. The van der Waals surface area contributed by atoms with Crippen molar-refractivity contribution in [1.82, 2.24) is 5.32 Å². The molecular weight excluding hydrogens is 301 g/mol. The molecule has 3 heteroatoms. The molecule has 0 aromatic heterocycles. The number of hydrogen-bond donors (Lipinski definition) is 1. The van der Waals surface area contributed by atoms with Gasteiger partial charge in [0.1, 0.15) is 0 Å². The third-order valence-corrected chi connectivity index (χ3v) is 5.71. The first-order chi connectivity index (χ1) is 10.1. The van der Waals surface area contributed by atoms with Gasteiger partial charge in [0.2, 0.25) is 0 Å². The molecule has 1 aromatic carbocycles. The topological polar surface area (TPSA) is 12.0 Å². The summed E-state index contributed by atoms with van der Waals surface area (Å²) in [6, 6.07) is 6.42. The molecule has 1 saturated carbocycles. The van der Waals surface area contributed by atoms with Crippen molar-refractivity contribution in [2.45, 2.75) is 64.8 Å². The Morgan fingerprint density at radius 1 is 1.19 bits per heavy atom. The molecule has 118 valence electrons. The fourth-order valence-electron chi connectivity index (χ4n) is 3.76. The van der Waals surface area contributed by atoms with Gasteiger partial charge >= 0.3 is 0 Å². The molecule has 0 heterocycles. The van der Waals surface area contributed by atoms with Gasteiger partial charge in [0.15, 0.2) is 0 Å². The number of hydrogen-bond acceptors (Lipinski definition) is 1. The van der Waals surface area contributed by atoms with Crippen molar-refractivity contribution in [2.24, 2.45) is 5.41 Å². The van der Waals surface area contributed by atoms with E-state index in [9.17, 15) is 0 Å². The van der Waals surface area contributed by atoms with Crippen LogP contribution in [0.1, 0.15) is 57.9 Å². The van der Waals surface area contributed by atoms with E-state index in [-0.39, 0.29) is 0 Å². The van der Waals surface area contributed by atoms with Crippen LogP contribution in [-0.2, 0) is 6.42 Å². The maximum absolute atomic E-state index is 6.39. The lowest BCUT2D eigenvalue weighted by molar-refractivity contribution is 0.184. The van der Waals surface area contributed by atoms with E-state index < -0.39 is 0 Å². The van der Waals surface area contributed by atoms with Crippen molar-refractivity contribution in [3.05, 3.63) is 33.8 Å². The van der Waals surface area contributed by atoms with Crippen molar-refractivity contribution in [1.29, 1.82) is 0 Å². The van der Waals surface area contributed by atoms with Gasteiger partial charge in [-0.25, -0.2) is 0 Å². The largest absolute Gasteiger partial charge is 0.313 e. The van der Waals surface area contributed by atoms with E-state index in [0.717, 1.165) is 18.0 Å². The number of halogens is 2. The SMILES string of the molecule is CCCNC(Cc1ccc(Cl)cc1Cl)C1(CC)CCCC1. The maximum Gasteiger partial charge on any atom is 0.0453 e. The molecule has 21 heavy (non-hydrogen) atoms. The Bertz CT molecular complexity index is 453. The minimum Gasteiger partial charge on any atom is -0.313 e. The molecule has 0 bridgehead atoms. The summed E-state index contributed by atoms with van der Waals surface area (Å²) >= 11 is 12.4. The van der Waals surface area contributed by atoms with Crippen LogP contribution in [-0.4, -0.2) is 12.6 Å². The molecule has 0 aliphatic heterocycles. The van der Waals surface area contributed by atoms with Gasteiger partial charge in [0, 0.05) is 16.1 Å². The molecule has 1 aromatic rings.